The molecule has 3 unspecified atom stereocenters. The van der Waals surface area contributed by atoms with E-state index in [1.165, 1.54) is 62.6 Å². The molecule has 5 nitrogen and oxygen atoms in total. The predicted octanol–water partition coefficient (Wildman–Crippen LogP) is 9.75. The molecule has 40 heavy (non-hydrogen) atoms. The van der Waals surface area contributed by atoms with Crippen LogP contribution in [0.3, 0.4) is 0 Å². The van der Waals surface area contributed by atoms with Gasteiger partial charge >= 0.3 is 6.09 Å². The monoisotopic (exact) mass is 543 g/mol. The number of hydrogen-bond acceptors (Lipinski definition) is 3. The third kappa shape index (κ3) is 7.00. The zero-order valence-electron chi connectivity index (χ0n) is 25.4. The Kier molecular flexibility index (Phi) is 10.2. The first-order valence-corrected chi connectivity index (χ1v) is 15.6. The van der Waals surface area contributed by atoms with Crippen molar-refractivity contribution in [3.63, 3.8) is 0 Å². The number of nitrogens with one attached hydrogen (secondary N) is 1. The van der Waals surface area contributed by atoms with Crippen LogP contribution in [-0.2, 0) is 11.2 Å². The zero-order chi connectivity index (χ0) is 28.7. The van der Waals surface area contributed by atoms with E-state index in [0.29, 0.717) is 12.3 Å². The highest BCUT2D eigenvalue weighted by Crippen LogP contribution is 2.45. The molecule has 5 heteroatoms. The molecule has 1 aliphatic carbocycles. The number of carbonyl (C=O) groups is 1. The van der Waals surface area contributed by atoms with Crippen molar-refractivity contribution in [3.05, 3.63) is 70.1 Å². The average molecular weight is 544 g/mol. The number of benzene rings is 2. The highest BCUT2D eigenvalue weighted by molar-refractivity contribution is 5.87. The van der Waals surface area contributed by atoms with Crippen molar-refractivity contribution in [2.75, 3.05) is 16.8 Å². The van der Waals surface area contributed by atoms with Gasteiger partial charge in [0.1, 0.15) is 0 Å². The number of rotatable bonds is 11. The molecule has 216 valence electrons. The van der Waals surface area contributed by atoms with E-state index in [-0.39, 0.29) is 11.6 Å². The van der Waals surface area contributed by atoms with Crippen molar-refractivity contribution < 1.29 is 9.53 Å². The van der Waals surface area contributed by atoms with E-state index < -0.39 is 12.2 Å². The lowest BCUT2D eigenvalue weighted by Gasteiger charge is -2.48. The molecule has 2 aliphatic rings. The Hall–Kier alpha value is -3.00. The Morgan fingerprint density at radius 2 is 1.77 bits per heavy atom. The molecule has 1 aliphatic heterocycles. The number of hydrogen-bond donors (Lipinski definition) is 1. The summed E-state index contributed by atoms with van der Waals surface area (Å²) in [7, 11) is 0. The molecule has 4 rings (SSSR count). The molecule has 3 atom stereocenters. The molecule has 2 aromatic carbocycles. The minimum absolute atomic E-state index is 0.0942. The van der Waals surface area contributed by atoms with Crippen LogP contribution in [0.1, 0.15) is 126 Å². The van der Waals surface area contributed by atoms with Crippen molar-refractivity contribution in [3.8, 4) is 0 Å². The maximum absolute atomic E-state index is 13.2. The number of carbonyl (C=O) groups excluding carboxylic acids is 1. The summed E-state index contributed by atoms with van der Waals surface area (Å²) in [5.74, 6) is 0.397. The van der Waals surface area contributed by atoms with Gasteiger partial charge in [-0.05, 0) is 74.8 Å². The fourth-order valence-electron chi connectivity index (χ4n) is 6.83. The third-order valence-corrected chi connectivity index (χ3v) is 9.02. The summed E-state index contributed by atoms with van der Waals surface area (Å²) in [6.45, 7) is 20.1. The smallest absolute Gasteiger partial charge is 0.412 e. The maximum Gasteiger partial charge on any atom is 0.412 e. The Morgan fingerprint density at radius 1 is 1.07 bits per heavy atom. The number of amides is 1. The Bertz CT molecular complexity index is 1200. The van der Waals surface area contributed by atoms with Crippen LogP contribution in [0.25, 0.3) is 4.85 Å². The number of unbranched alkanes of at least 4 members (excludes halogenated alkanes) is 7. The van der Waals surface area contributed by atoms with Crippen LogP contribution in [0.15, 0.2) is 36.4 Å². The predicted molar refractivity (Wildman–Crippen MR) is 166 cm³/mol. The number of aryl methyl sites for hydroxylation is 2. The first-order chi connectivity index (χ1) is 19.2. The van der Waals surface area contributed by atoms with Crippen LogP contribution < -0.4 is 10.2 Å². The second-order valence-electron chi connectivity index (χ2n) is 12.7. The van der Waals surface area contributed by atoms with E-state index in [9.17, 15) is 4.79 Å². The topological polar surface area (TPSA) is 45.9 Å². The molecular weight excluding hydrogens is 494 g/mol. The molecule has 0 saturated carbocycles. The van der Waals surface area contributed by atoms with Gasteiger partial charge in [0.25, 0.3) is 6.04 Å². The van der Waals surface area contributed by atoms with Crippen molar-refractivity contribution in [2.45, 2.75) is 129 Å². The lowest BCUT2D eigenvalue weighted by atomic mass is 9.79. The van der Waals surface area contributed by atoms with Gasteiger partial charge < -0.3 is 14.5 Å². The van der Waals surface area contributed by atoms with Gasteiger partial charge in [-0.15, -0.1) is 0 Å². The van der Waals surface area contributed by atoms with Gasteiger partial charge in [0.15, 0.2) is 0 Å². The molecule has 0 fully saturated rings. The highest BCUT2D eigenvalue weighted by atomic mass is 16.6. The highest BCUT2D eigenvalue weighted by Gasteiger charge is 2.38. The second kappa shape index (κ2) is 13.6. The summed E-state index contributed by atoms with van der Waals surface area (Å²) >= 11 is 0. The lowest BCUT2D eigenvalue weighted by Crippen LogP contribution is -2.48. The summed E-state index contributed by atoms with van der Waals surface area (Å²) in [4.78, 5) is 19.6. The van der Waals surface area contributed by atoms with Gasteiger partial charge in [-0.2, -0.15) is 0 Å². The van der Waals surface area contributed by atoms with Crippen molar-refractivity contribution in [2.24, 2.45) is 0 Å². The van der Waals surface area contributed by atoms with E-state index >= 15 is 0 Å². The Balaban J connectivity index is 1.44. The number of anilines is 2. The molecule has 1 heterocycles. The van der Waals surface area contributed by atoms with E-state index in [4.69, 9.17) is 11.3 Å². The van der Waals surface area contributed by atoms with E-state index in [2.05, 4.69) is 67.9 Å². The van der Waals surface area contributed by atoms with Crippen molar-refractivity contribution in [1.29, 1.82) is 0 Å². The van der Waals surface area contributed by atoms with Gasteiger partial charge in [0.05, 0.1) is 0 Å². The summed E-state index contributed by atoms with van der Waals surface area (Å²) in [6.07, 6.45) is 12.2. The molecule has 0 spiro atoms. The van der Waals surface area contributed by atoms with Gasteiger partial charge in [0.2, 0.25) is 6.10 Å². The molecule has 0 bridgehead atoms. The molecular formula is C35H49N3O2. The Labute approximate surface area is 242 Å². The summed E-state index contributed by atoms with van der Waals surface area (Å²) in [6, 6.07) is 12.1. The van der Waals surface area contributed by atoms with Crippen LogP contribution in [0.5, 0.6) is 0 Å². The summed E-state index contributed by atoms with van der Waals surface area (Å²) in [5, 5.41) is 3.04. The molecule has 0 saturated heterocycles. The Morgan fingerprint density at radius 3 is 2.50 bits per heavy atom. The van der Waals surface area contributed by atoms with Crippen LogP contribution in [0, 0.1) is 13.5 Å². The summed E-state index contributed by atoms with van der Waals surface area (Å²) in [5.41, 5.74) is 6.65. The van der Waals surface area contributed by atoms with Crippen molar-refractivity contribution in [1.82, 2.24) is 0 Å². The second-order valence-corrected chi connectivity index (χ2v) is 12.7. The number of nitrogens with zero attached hydrogens (tertiary/aromatic N) is 2. The van der Waals surface area contributed by atoms with Gasteiger partial charge in [-0.1, -0.05) is 83.1 Å². The fraction of sp³-hybridized carbons (Fsp3) is 0.600. The molecule has 0 aromatic heterocycles. The first-order valence-electron chi connectivity index (χ1n) is 15.6. The SMILES string of the molecule is [C-]#[N+]C1CCc2ccccc2C1OC(=O)Nc1cc2c(cc1C)N(CCCCCCCCCC)C(C)(C)CC2C. The largest absolute Gasteiger partial charge is 0.433 e. The molecule has 1 amide bonds. The van der Waals surface area contributed by atoms with E-state index in [1.54, 1.807) is 0 Å². The van der Waals surface area contributed by atoms with Gasteiger partial charge in [-0.25, -0.2) is 11.4 Å². The fourth-order valence-corrected chi connectivity index (χ4v) is 6.83. The minimum Gasteiger partial charge on any atom is -0.433 e. The third-order valence-electron chi connectivity index (χ3n) is 9.02. The lowest BCUT2D eigenvalue weighted by molar-refractivity contribution is 0.0955. The van der Waals surface area contributed by atoms with Crippen LogP contribution in [-0.4, -0.2) is 24.2 Å². The van der Waals surface area contributed by atoms with Crippen molar-refractivity contribution >= 4 is 17.5 Å². The van der Waals surface area contributed by atoms with Crippen LogP contribution in [0.2, 0.25) is 0 Å². The maximum atomic E-state index is 13.2. The standard InChI is InChI=1S/C35H49N3O2/c1-7-8-9-10-11-12-13-16-21-38-32-22-25(2)31(23-29(32)26(3)24-35(38,4)5)37-34(39)40-33-28-18-15-14-17-27(28)19-20-30(33)36-6/h14-15,17-18,22-23,26,30,33H,7-13,16,19-21,24H2,1-5H3,(H,37,39). The normalized spacial score (nSPS) is 21.2. The minimum atomic E-state index is -0.540. The number of fused-ring (bicyclic) bond motifs is 2. The zero-order valence-corrected chi connectivity index (χ0v) is 25.4. The summed E-state index contributed by atoms with van der Waals surface area (Å²) < 4.78 is 5.94. The average Bonchev–Trinajstić information content (AvgIpc) is 2.92. The van der Waals surface area contributed by atoms with E-state index in [1.807, 2.05) is 18.2 Å². The first kappa shape index (κ1) is 30.0. The number of ether oxygens (including phenoxy) is 1. The van der Waals surface area contributed by atoms with Crippen LogP contribution >= 0.6 is 0 Å². The van der Waals surface area contributed by atoms with Gasteiger partial charge in [0, 0.05) is 35.4 Å². The van der Waals surface area contributed by atoms with Gasteiger partial charge in [-0.3, -0.25) is 5.32 Å². The quantitative estimate of drug-likeness (QED) is 0.227. The van der Waals surface area contributed by atoms with E-state index in [0.717, 1.165) is 41.8 Å². The molecule has 0 radical (unpaired) electrons. The molecule has 1 N–H and O–H groups in total. The molecule has 2 aromatic rings. The van der Waals surface area contributed by atoms with Crippen LogP contribution in [0.4, 0.5) is 16.2 Å².